The molecule has 0 saturated heterocycles. The van der Waals surface area contributed by atoms with Gasteiger partial charge >= 0.3 is 0 Å². The van der Waals surface area contributed by atoms with Crippen LogP contribution in [-0.4, -0.2) is 10.9 Å². The van der Waals surface area contributed by atoms with Gasteiger partial charge in [0.2, 0.25) is 0 Å². The summed E-state index contributed by atoms with van der Waals surface area (Å²) < 4.78 is 0. The standard InChI is InChI=1S/C11H7ClN2O/c1-5-4-8-9-6(11(15)14-8)2-3-7(12)10(9)13-5/h2-4H,1H3,(H,14,15). The van der Waals surface area contributed by atoms with Crippen LogP contribution in [0.25, 0.3) is 10.9 Å². The Morgan fingerprint density at radius 3 is 3.00 bits per heavy atom. The molecule has 0 fully saturated rings. The van der Waals surface area contributed by atoms with E-state index in [0.29, 0.717) is 16.1 Å². The molecule has 3 nitrogen and oxygen atoms in total. The van der Waals surface area contributed by atoms with Gasteiger partial charge in [0.25, 0.3) is 5.91 Å². The molecular weight excluding hydrogens is 212 g/mol. The van der Waals surface area contributed by atoms with Gasteiger partial charge in [-0.25, -0.2) is 0 Å². The van der Waals surface area contributed by atoms with Crippen molar-refractivity contribution in [3.63, 3.8) is 0 Å². The molecule has 74 valence electrons. The minimum atomic E-state index is -0.0842. The van der Waals surface area contributed by atoms with E-state index in [1.54, 1.807) is 12.1 Å². The highest BCUT2D eigenvalue weighted by atomic mass is 35.5. The van der Waals surface area contributed by atoms with Gasteiger partial charge < -0.3 is 5.32 Å². The number of rotatable bonds is 0. The molecule has 2 heterocycles. The largest absolute Gasteiger partial charge is 0.321 e. The number of benzene rings is 1. The number of hydrogen-bond acceptors (Lipinski definition) is 2. The SMILES string of the molecule is Cc1cc2c3c(ccc(Cl)c3n1)C(=O)N2. The fourth-order valence-corrected chi connectivity index (χ4v) is 2.11. The van der Waals surface area contributed by atoms with E-state index < -0.39 is 0 Å². The van der Waals surface area contributed by atoms with Crippen molar-refractivity contribution in [1.29, 1.82) is 0 Å². The topological polar surface area (TPSA) is 42.0 Å². The van der Waals surface area contributed by atoms with Crippen LogP contribution in [0, 0.1) is 6.92 Å². The Labute approximate surface area is 91.1 Å². The van der Waals surface area contributed by atoms with Crippen molar-refractivity contribution < 1.29 is 4.79 Å². The molecule has 0 saturated carbocycles. The number of nitrogens with zero attached hydrogens (tertiary/aromatic N) is 1. The first-order valence-electron chi connectivity index (χ1n) is 4.58. The predicted molar refractivity (Wildman–Crippen MR) is 59.4 cm³/mol. The summed E-state index contributed by atoms with van der Waals surface area (Å²) in [7, 11) is 0. The first-order chi connectivity index (χ1) is 7.16. The number of halogens is 1. The molecule has 15 heavy (non-hydrogen) atoms. The Morgan fingerprint density at radius 2 is 2.20 bits per heavy atom. The molecule has 1 aromatic heterocycles. The maximum absolute atomic E-state index is 11.6. The van der Waals surface area contributed by atoms with E-state index >= 15 is 0 Å². The number of aromatic nitrogens is 1. The van der Waals surface area contributed by atoms with E-state index in [9.17, 15) is 4.79 Å². The third-order valence-corrected chi connectivity index (χ3v) is 2.84. The molecule has 1 N–H and O–H groups in total. The second-order valence-corrected chi connectivity index (χ2v) is 3.99. The van der Waals surface area contributed by atoms with Crippen LogP contribution >= 0.6 is 11.6 Å². The third kappa shape index (κ3) is 1.07. The fourth-order valence-electron chi connectivity index (χ4n) is 1.91. The molecular formula is C11H7ClN2O. The molecule has 0 bridgehead atoms. The van der Waals surface area contributed by atoms with E-state index in [1.807, 2.05) is 13.0 Å². The van der Waals surface area contributed by atoms with Crippen LogP contribution < -0.4 is 5.32 Å². The minimum Gasteiger partial charge on any atom is -0.321 e. The second kappa shape index (κ2) is 2.70. The molecule has 1 aliphatic heterocycles. The number of aryl methyl sites for hydroxylation is 1. The Kier molecular flexibility index (Phi) is 1.56. The lowest BCUT2D eigenvalue weighted by Crippen LogP contribution is -2.03. The van der Waals surface area contributed by atoms with Gasteiger partial charge in [-0.2, -0.15) is 0 Å². The minimum absolute atomic E-state index is 0.0842. The number of pyridine rings is 1. The quantitative estimate of drug-likeness (QED) is 0.739. The molecule has 4 heteroatoms. The number of hydrogen-bond donors (Lipinski definition) is 1. The van der Waals surface area contributed by atoms with Gasteiger partial charge in [-0.1, -0.05) is 11.6 Å². The molecule has 0 atom stereocenters. The van der Waals surface area contributed by atoms with Crippen LogP contribution in [0.4, 0.5) is 5.69 Å². The van der Waals surface area contributed by atoms with Crippen LogP contribution in [0.5, 0.6) is 0 Å². The van der Waals surface area contributed by atoms with E-state index in [1.165, 1.54) is 0 Å². The summed E-state index contributed by atoms with van der Waals surface area (Å²) in [5.41, 5.74) is 3.00. The Hall–Kier alpha value is -1.61. The first-order valence-corrected chi connectivity index (χ1v) is 4.96. The van der Waals surface area contributed by atoms with Crippen molar-refractivity contribution in [2.75, 3.05) is 5.32 Å². The summed E-state index contributed by atoms with van der Waals surface area (Å²) in [4.78, 5) is 15.9. The van der Waals surface area contributed by atoms with Gasteiger partial charge in [-0.05, 0) is 25.1 Å². The number of anilines is 1. The maximum Gasteiger partial charge on any atom is 0.256 e. The molecule has 3 rings (SSSR count). The van der Waals surface area contributed by atoms with Crippen molar-refractivity contribution >= 4 is 34.1 Å². The molecule has 0 radical (unpaired) electrons. The van der Waals surface area contributed by atoms with Crippen molar-refractivity contribution in [3.05, 3.63) is 34.5 Å². The van der Waals surface area contributed by atoms with E-state index in [2.05, 4.69) is 10.3 Å². The number of carbonyl (C=O) groups excluding carboxylic acids is 1. The molecule has 0 spiro atoms. The monoisotopic (exact) mass is 218 g/mol. The van der Waals surface area contributed by atoms with Crippen LogP contribution in [0.2, 0.25) is 5.02 Å². The summed E-state index contributed by atoms with van der Waals surface area (Å²) >= 11 is 6.05. The zero-order valence-electron chi connectivity index (χ0n) is 7.97. The van der Waals surface area contributed by atoms with Crippen molar-refractivity contribution in [2.45, 2.75) is 6.92 Å². The summed E-state index contributed by atoms with van der Waals surface area (Å²) in [6.45, 7) is 1.88. The van der Waals surface area contributed by atoms with Gasteiger partial charge in [-0.15, -0.1) is 0 Å². The normalized spacial score (nSPS) is 13.3. The van der Waals surface area contributed by atoms with Crippen LogP contribution in [-0.2, 0) is 0 Å². The lowest BCUT2D eigenvalue weighted by molar-refractivity contribution is 0.103. The average molecular weight is 219 g/mol. The van der Waals surface area contributed by atoms with E-state index in [4.69, 9.17) is 11.6 Å². The molecule has 2 aromatic rings. The smallest absolute Gasteiger partial charge is 0.256 e. The Balaban J connectivity index is 2.57. The molecule has 0 unspecified atom stereocenters. The Morgan fingerprint density at radius 1 is 1.40 bits per heavy atom. The summed E-state index contributed by atoms with van der Waals surface area (Å²) in [6.07, 6.45) is 0. The summed E-state index contributed by atoms with van der Waals surface area (Å²) in [5.74, 6) is -0.0842. The Bertz CT molecular complexity index is 607. The number of amides is 1. The zero-order valence-corrected chi connectivity index (χ0v) is 8.72. The van der Waals surface area contributed by atoms with Crippen LogP contribution in [0.1, 0.15) is 16.1 Å². The number of nitrogens with one attached hydrogen (secondary N) is 1. The van der Waals surface area contributed by atoms with Gasteiger partial charge in [-0.3, -0.25) is 9.78 Å². The highest BCUT2D eigenvalue weighted by Crippen LogP contribution is 2.35. The highest BCUT2D eigenvalue weighted by molar-refractivity contribution is 6.37. The highest BCUT2D eigenvalue weighted by Gasteiger charge is 2.23. The van der Waals surface area contributed by atoms with Gasteiger partial charge in [0.1, 0.15) is 0 Å². The van der Waals surface area contributed by atoms with Crippen LogP contribution in [0.3, 0.4) is 0 Å². The third-order valence-electron chi connectivity index (χ3n) is 2.53. The van der Waals surface area contributed by atoms with E-state index in [0.717, 1.165) is 16.8 Å². The van der Waals surface area contributed by atoms with Gasteiger partial charge in [0.05, 0.1) is 21.8 Å². The zero-order chi connectivity index (χ0) is 10.6. The molecule has 1 aromatic carbocycles. The molecule has 0 aliphatic carbocycles. The fraction of sp³-hybridized carbons (Fsp3) is 0.0909. The maximum atomic E-state index is 11.6. The van der Waals surface area contributed by atoms with Crippen molar-refractivity contribution in [2.24, 2.45) is 0 Å². The number of carbonyl (C=O) groups is 1. The van der Waals surface area contributed by atoms with Gasteiger partial charge in [0.15, 0.2) is 0 Å². The first kappa shape index (κ1) is 8.68. The van der Waals surface area contributed by atoms with Crippen molar-refractivity contribution in [1.82, 2.24) is 4.98 Å². The lowest BCUT2D eigenvalue weighted by Gasteiger charge is -2.02. The molecule has 1 aliphatic rings. The predicted octanol–water partition coefficient (Wildman–Crippen LogP) is 2.76. The average Bonchev–Trinajstić information content (AvgIpc) is 2.49. The second-order valence-electron chi connectivity index (χ2n) is 3.58. The van der Waals surface area contributed by atoms with E-state index in [-0.39, 0.29) is 5.91 Å². The van der Waals surface area contributed by atoms with Crippen molar-refractivity contribution in [3.8, 4) is 0 Å². The summed E-state index contributed by atoms with van der Waals surface area (Å²) in [6, 6.07) is 5.29. The van der Waals surface area contributed by atoms with Gasteiger partial charge in [0, 0.05) is 11.1 Å². The lowest BCUT2D eigenvalue weighted by atomic mass is 10.1. The van der Waals surface area contributed by atoms with Crippen LogP contribution in [0.15, 0.2) is 18.2 Å². The molecule has 1 amide bonds. The summed E-state index contributed by atoms with van der Waals surface area (Å²) in [5, 5.41) is 4.21.